The number of hydrogen-bond donors (Lipinski definition) is 0. The molecule has 0 bridgehead atoms. The average molecular weight is 388 g/mol. The first-order valence-corrected chi connectivity index (χ1v) is 9.30. The molecule has 0 spiro atoms. The summed E-state index contributed by atoms with van der Waals surface area (Å²) in [5.41, 5.74) is 1.58. The Kier molecular flexibility index (Phi) is 4.08. The topological polar surface area (TPSA) is 74.3 Å². The third-order valence-corrected chi connectivity index (χ3v) is 4.85. The van der Waals surface area contributed by atoms with Gasteiger partial charge in [0.15, 0.2) is 0 Å². The van der Waals surface area contributed by atoms with E-state index < -0.39 is 0 Å². The van der Waals surface area contributed by atoms with Crippen molar-refractivity contribution in [1.82, 2.24) is 24.1 Å². The largest absolute Gasteiger partial charge is 0.495 e. The molecule has 0 radical (unpaired) electrons. The minimum atomic E-state index is -0.226. The molecule has 0 aliphatic rings. The quantitative estimate of drug-likeness (QED) is 0.503. The molecule has 4 rings (SSSR count). The lowest BCUT2D eigenvalue weighted by Gasteiger charge is -2.13. The molecule has 0 saturated carbocycles. The Hall–Kier alpha value is -2.58. The van der Waals surface area contributed by atoms with Crippen molar-refractivity contribution in [1.29, 1.82) is 0 Å². The number of aryl methyl sites for hydroxylation is 1. The van der Waals surface area contributed by atoms with Gasteiger partial charge in [-0.1, -0.05) is 23.4 Å². The molecule has 4 aromatic rings. The van der Waals surface area contributed by atoms with Crippen molar-refractivity contribution < 1.29 is 4.74 Å². The maximum Gasteiger partial charge on any atom is 0.266 e. The molecule has 0 N–H and O–H groups in total. The Labute approximate surface area is 157 Å². The summed E-state index contributed by atoms with van der Waals surface area (Å²) < 4.78 is 8.47. The van der Waals surface area contributed by atoms with Crippen LogP contribution in [0.2, 0.25) is 5.02 Å². The molecule has 1 aromatic carbocycles. The lowest BCUT2D eigenvalue weighted by Crippen LogP contribution is -2.20. The lowest BCUT2D eigenvalue weighted by molar-refractivity contribution is 0.412. The monoisotopic (exact) mass is 387 g/mol. The Bertz CT molecular complexity index is 1220. The number of nitrogens with zero attached hydrogens (tertiary/aromatic N) is 5. The summed E-state index contributed by atoms with van der Waals surface area (Å²) in [6.07, 6.45) is 3.57. The van der Waals surface area contributed by atoms with Crippen molar-refractivity contribution in [2.75, 3.05) is 13.4 Å². The van der Waals surface area contributed by atoms with Crippen LogP contribution in [0.5, 0.6) is 5.75 Å². The van der Waals surface area contributed by atoms with Gasteiger partial charge < -0.3 is 4.74 Å². The van der Waals surface area contributed by atoms with Gasteiger partial charge in [-0.25, -0.2) is 4.98 Å². The van der Waals surface area contributed by atoms with Crippen LogP contribution < -0.4 is 10.3 Å². The average Bonchev–Trinajstić information content (AvgIpc) is 3.05. The number of hydrogen-bond acceptors (Lipinski definition) is 6. The molecule has 0 fully saturated rings. The number of benzene rings is 1. The normalized spacial score (nSPS) is 11.4. The van der Waals surface area contributed by atoms with Gasteiger partial charge in [-0.05, 0) is 37.4 Å². The first-order chi connectivity index (χ1) is 12.5. The summed E-state index contributed by atoms with van der Waals surface area (Å²) in [5.74, 6) is 1.02. The molecule has 3 aromatic heterocycles. The molecular formula is C17H14ClN5O2S. The highest BCUT2D eigenvalue weighted by Gasteiger charge is 2.16. The van der Waals surface area contributed by atoms with E-state index in [2.05, 4.69) is 15.1 Å². The van der Waals surface area contributed by atoms with E-state index in [1.165, 1.54) is 16.3 Å². The fraction of sp³-hybridized carbons (Fsp3) is 0.176. The zero-order chi connectivity index (χ0) is 18.4. The van der Waals surface area contributed by atoms with Gasteiger partial charge in [0.05, 0.1) is 29.4 Å². The number of halogens is 1. The minimum Gasteiger partial charge on any atom is -0.495 e. The molecule has 0 atom stereocenters. The van der Waals surface area contributed by atoms with E-state index in [0.717, 1.165) is 0 Å². The van der Waals surface area contributed by atoms with E-state index in [4.69, 9.17) is 16.3 Å². The van der Waals surface area contributed by atoms with Crippen LogP contribution in [0.3, 0.4) is 0 Å². The molecule has 0 aliphatic heterocycles. The van der Waals surface area contributed by atoms with Crippen LogP contribution in [0.1, 0.15) is 5.69 Å². The van der Waals surface area contributed by atoms with Crippen molar-refractivity contribution in [2.24, 2.45) is 0 Å². The van der Waals surface area contributed by atoms with E-state index in [1.807, 2.05) is 12.3 Å². The Morgan fingerprint density at radius 1 is 1.23 bits per heavy atom. The first kappa shape index (κ1) is 16.9. The molecule has 0 amide bonds. The molecule has 3 heterocycles. The van der Waals surface area contributed by atoms with Gasteiger partial charge in [-0.2, -0.15) is 9.50 Å². The Morgan fingerprint density at radius 2 is 2.04 bits per heavy atom. The second-order valence-electron chi connectivity index (χ2n) is 5.57. The SMILES string of the molecule is COc1ccc(Cl)cc1-n1ccc2c(c(C)nc3nc(SC)nn32)c1=O. The predicted octanol–water partition coefficient (Wildman–Crippen LogP) is 3.12. The summed E-state index contributed by atoms with van der Waals surface area (Å²) in [6, 6.07) is 6.95. The molecule has 0 aliphatic carbocycles. The smallest absolute Gasteiger partial charge is 0.266 e. The van der Waals surface area contributed by atoms with Gasteiger partial charge in [0.1, 0.15) is 5.75 Å². The van der Waals surface area contributed by atoms with Crippen molar-refractivity contribution in [3.63, 3.8) is 0 Å². The maximum absolute atomic E-state index is 13.2. The number of pyridine rings is 1. The third-order valence-electron chi connectivity index (χ3n) is 4.08. The van der Waals surface area contributed by atoms with Crippen LogP contribution in [0.4, 0.5) is 0 Å². The number of thioether (sulfide) groups is 1. The Balaban J connectivity index is 2.08. The van der Waals surface area contributed by atoms with E-state index >= 15 is 0 Å². The fourth-order valence-electron chi connectivity index (χ4n) is 2.90. The second kappa shape index (κ2) is 6.30. The lowest BCUT2D eigenvalue weighted by atomic mass is 10.2. The second-order valence-corrected chi connectivity index (χ2v) is 6.78. The van der Waals surface area contributed by atoms with Crippen LogP contribution in [0, 0.1) is 6.92 Å². The summed E-state index contributed by atoms with van der Waals surface area (Å²) in [4.78, 5) is 22.0. The minimum absolute atomic E-state index is 0.226. The van der Waals surface area contributed by atoms with Gasteiger partial charge in [-0.15, -0.1) is 5.10 Å². The van der Waals surface area contributed by atoms with Crippen molar-refractivity contribution >= 4 is 40.0 Å². The summed E-state index contributed by atoms with van der Waals surface area (Å²) in [5, 5.41) is 5.99. The van der Waals surface area contributed by atoms with Gasteiger partial charge in [0.2, 0.25) is 5.16 Å². The Morgan fingerprint density at radius 3 is 2.77 bits per heavy atom. The van der Waals surface area contributed by atoms with E-state index in [0.29, 0.717) is 44.0 Å². The number of rotatable bonds is 3. The van der Waals surface area contributed by atoms with E-state index in [1.54, 1.807) is 42.9 Å². The maximum atomic E-state index is 13.2. The molecule has 7 nitrogen and oxygen atoms in total. The van der Waals surface area contributed by atoms with Crippen LogP contribution in [-0.2, 0) is 0 Å². The van der Waals surface area contributed by atoms with Crippen LogP contribution in [0.15, 0.2) is 40.4 Å². The first-order valence-electron chi connectivity index (χ1n) is 7.70. The van der Waals surface area contributed by atoms with Crippen LogP contribution in [-0.4, -0.2) is 37.5 Å². The predicted molar refractivity (Wildman–Crippen MR) is 102 cm³/mol. The highest BCUT2D eigenvalue weighted by atomic mass is 35.5. The summed E-state index contributed by atoms with van der Waals surface area (Å²) in [7, 11) is 1.55. The van der Waals surface area contributed by atoms with Gasteiger partial charge in [0.25, 0.3) is 11.3 Å². The number of ether oxygens (including phenoxy) is 1. The standard InChI is InChI=1S/C17H14ClN5O2S/c1-9-14-11(23-16(19-9)20-17(21-23)26-3)6-7-22(15(14)24)12-8-10(18)4-5-13(12)25-2/h4-8H,1-3H3. The molecule has 0 saturated heterocycles. The molecule has 9 heteroatoms. The highest BCUT2D eigenvalue weighted by Crippen LogP contribution is 2.26. The van der Waals surface area contributed by atoms with Crippen molar-refractivity contribution in [3.8, 4) is 11.4 Å². The molecule has 26 heavy (non-hydrogen) atoms. The number of fused-ring (bicyclic) bond motifs is 3. The van der Waals surface area contributed by atoms with Crippen LogP contribution >= 0.6 is 23.4 Å². The molecule has 132 valence electrons. The zero-order valence-electron chi connectivity index (χ0n) is 14.2. The number of methoxy groups -OCH3 is 1. The van der Waals surface area contributed by atoms with Gasteiger partial charge in [-0.3, -0.25) is 9.36 Å². The van der Waals surface area contributed by atoms with Crippen molar-refractivity contribution in [2.45, 2.75) is 12.1 Å². The zero-order valence-corrected chi connectivity index (χ0v) is 15.8. The van der Waals surface area contributed by atoms with E-state index in [-0.39, 0.29) is 5.56 Å². The fourth-order valence-corrected chi connectivity index (χ4v) is 3.40. The van der Waals surface area contributed by atoms with Gasteiger partial charge >= 0.3 is 0 Å². The van der Waals surface area contributed by atoms with Gasteiger partial charge in [0, 0.05) is 11.2 Å². The van der Waals surface area contributed by atoms with Crippen LogP contribution in [0.25, 0.3) is 22.4 Å². The van der Waals surface area contributed by atoms with Crippen molar-refractivity contribution in [3.05, 3.63) is 51.5 Å². The number of aromatic nitrogens is 5. The highest BCUT2D eigenvalue weighted by molar-refractivity contribution is 7.98. The third kappa shape index (κ3) is 2.53. The molecular weight excluding hydrogens is 374 g/mol. The van der Waals surface area contributed by atoms with E-state index in [9.17, 15) is 4.79 Å². The summed E-state index contributed by atoms with van der Waals surface area (Å²) in [6.45, 7) is 1.79. The molecule has 0 unspecified atom stereocenters. The summed E-state index contributed by atoms with van der Waals surface area (Å²) >= 11 is 7.54.